The highest BCUT2D eigenvalue weighted by molar-refractivity contribution is 8.13. The minimum atomic E-state index is -0.279. The molecule has 2 nitrogen and oxygen atoms in total. The summed E-state index contributed by atoms with van der Waals surface area (Å²) in [6.07, 6.45) is 0. The normalized spacial score (nSPS) is 13.2. The van der Waals surface area contributed by atoms with Gasteiger partial charge in [-0.15, -0.1) is 0 Å². The lowest BCUT2D eigenvalue weighted by Gasteiger charge is -1.97. The van der Waals surface area contributed by atoms with Gasteiger partial charge in [0.15, 0.2) is 0 Å². The third kappa shape index (κ3) is 3.83. The zero-order valence-corrected chi connectivity index (χ0v) is 7.08. The molecule has 0 aromatic rings. The van der Waals surface area contributed by atoms with Crippen molar-refractivity contribution in [2.45, 2.75) is 13.0 Å². The summed E-state index contributed by atoms with van der Waals surface area (Å²) < 4.78 is 0. The zero-order chi connectivity index (χ0) is 7.28. The molecule has 3 N–H and O–H groups in total. The van der Waals surface area contributed by atoms with Crippen LogP contribution >= 0.6 is 24.4 Å². The summed E-state index contributed by atoms with van der Waals surface area (Å²) >= 11 is 5.29. The molecular weight excluding hydrogens is 154 g/mol. The summed E-state index contributed by atoms with van der Waals surface area (Å²) in [7, 11) is 0. The van der Waals surface area contributed by atoms with Crippen LogP contribution in [0.15, 0.2) is 0 Å². The summed E-state index contributed by atoms with van der Waals surface area (Å²) in [6, 6.07) is -0.279. The van der Waals surface area contributed by atoms with Crippen LogP contribution in [-0.4, -0.2) is 27.5 Å². The summed E-state index contributed by atoms with van der Waals surface area (Å²) in [5, 5.41) is 0.285. The fourth-order valence-electron chi connectivity index (χ4n) is 0.333. The Morgan fingerprint density at radius 3 is 2.78 bits per heavy atom. The smallest absolute Gasteiger partial charge is 0.315 e. The van der Waals surface area contributed by atoms with Crippen LogP contribution in [-0.2, 0) is 0 Å². The van der Waals surface area contributed by atoms with E-state index in [9.17, 15) is 0 Å². The highest BCUT2D eigenvalue weighted by atomic mass is 32.2. The lowest BCUT2D eigenvalue weighted by Crippen LogP contribution is -2.30. The van der Waals surface area contributed by atoms with Crippen molar-refractivity contribution in [3.05, 3.63) is 0 Å². The maximum Gasteiger partial charge on any atom is 0.368 e. The molecule has 0 amide bonds. The molecule has 0 fully saturated rings. The minimum Gasteiger partial charge on any atom is -0.315 e. The lowest BCUT2D eigenvalue weighted by atomic mass is 10.4. The molecule has 0 unspecified atom stereocenters. The molecule has 0 saturated carbocycles. The van der Waals surface area contributed by atoms with Crippen LogP contribution in [0.25, 0.3) is 0 Å². The van der Waals surface area contributed by atoms with Crippen molar-refractivity contribution < 1.29 is 4.79 Å². The van der Waals surface area contributed by atoms with Gasteiger partial charge in [0.05, 0.1) is 0 Å². The number of thiol groups is 1. The van der Waals surface area contributed by atoms with E-state index in [1.165, 1.54) is 11.8 Å². The highest BCUT2D eigenvalue weighted by Gasteiger charge is 2.17. The Morgan fingerprint density at radius 1 is 1.89 bits per heavy atom. The third-order valence-corrected chi connectivity index (χ3v) is 2.09. The van der Waals surface area contributed by atoms with E-state index >= 15 is 0 Å². The van der Waals surface area contributed by atoms with E-state index < -0.39 is 0 Å². The predicted molar refractivity (Wildman–Crippen MR) is 46.9 cm³/mol. The average Bonchev–Trinajstić information content (AvgIpc) is 1.87. The zero-order valence-electron chi connectivity index (χ0n) is 5.37. The van der Waals surface area contributed by atoms with Gasteiger partial charge in [-0.1, -0.05) is 6.92 Å². The van der Waals surface area contributed by atoms with Gasteiger partial charge in [0.25, 0.3) is 0 Å². The number of nitrogens with two attached hydrogens (primary N) is 1. The van der Waals surface area contributed by atoms with E-state index in [-0.39, 0.29) is 11.2 Å². The molecule has 0 aromatic carbocycles. The predicted octanol–water partition coefficient (Wildman–Crippen LogP) is 0.499. The van der Waals surface area contributed by atoms with E-state index in [2.05, 4.69) is 12.6 Å². The molecule has 54 valence electrons. The highest BCUT2D eigenvalue weighted by Crippen LogP contribution is 2.03. The molecule has 0 aliphatic heterocycles. The second-order valence-electron chi connectivity index (χ2n) is 1.56. The van der Waals surface area contributed by atoms with Crippen molar-refractivity contribution >= 4 is 29.5 Å². The van der Waals surface area contributed by atoms with Gasteiger partial charge >= 0.3 is 5.12 Å². The van der Waals surface area contributed by atoms with Gasteiger partial charge in [-0.05, 0) is 11.8 Å². The van der Waals surface area contributed by atoms with E-state index in [0.717, 1.165) is 5.75 Å². The first-order valence-corrected chi connectivity index (χ1v) is 4.39. The Balaban J connectivity index is 3.46. The van der Waals surface area contributed by atoms with Gasteiger partial charge in [-0.3, -0.25) is 4.79 Å². The van der Waals surface area contributed by atoms with Crippen LogP contribution in [0.5, 0.6) is 0 Å². The van der Waals surface area contributed by atoms with Crippen LogP contribution in [0, 0.1) is 0 Å². The van der Waals surface area contributed by atoms with E-state index in [1.54, 1.807) is 0 Å². The molecule has 0 radical (unpaired) electrons. The molecule has 0 aliphatic carbocycles. The maximum atomic E-state index is 9.02. The molecule has 4 heteroatoms. The first-order chi connectivity index (χ1) is 4.22. The second kappa shape index (κ2) is 5.14. The Labute approximate surface area is 65.0 Å². The largest absolute Gasteiger partial charge is 0.368 e. The SMILES string of the molecule is CCSC(=[OH+])[C@@H](N)CS. The minimum absolute atomic E-state index is 0.279. The maximum absolute atomic E-state index is 9.02. The average molecular weight is 166 g/mol. The van der Waals surface area contributed by atoms with E-state index in [4.69, 9.17) is 10.5 Å². The first kappa shape index (κ1) is 9.33. The van der Waals surface area contributed by atoms with Crippen LogP contribution < -0.4 is 5.73 Å². The van der Waals surface area contributed by atoms with Crippen LogP contribution in [0.4, 0.5) is 0 Å². The molecule has 1 atom stereocenters. The quantitative estimate of drug-likeness (QED) is 0.474. The molecule has 0 saturated heterocycles. The van der Waals surface area contributed by atoms with Crippen LogP contribution in [0.3, 0.4) is 0 Å². The number of hydrogen-bond acceptors (Lipinski definition) is 3. The molecule has 0 spiro atoms. The molecule has 0 bridgehead atoms. The molecule has 0 aliphatic rings. The van der Waals surface area contributed by atoms with E-state index in [1.807, 2.05) is 6.92 Å². The van der Waals surface area contributed by atoms with Crippen molar-refractivity contribution in [2.24, 2.45) is 5.73 Å². The van der Waals surface area contributed by atoms with Gasteiger partial charge in [0.1, 0.15) is 6.04 Å². The number of thioether (sulfide) groups is 1. The molecule has 0 aromatic heterocycles. The summed E-state index contributed by atoms with van der Waals surface area (Å²) in [5.74, 6) is 1.35. The summed E-state index contributed by atoms with van der Waals surface area (Å²) in [4.78, 5) is 9.02. The summed E-state index contributed by atoms with van der Waals surface area (Å²) in [6.45, 7) is 1.96. The van der Waals surface area contributed by atoms with Crippen molar-refractivity contribution in [1.29, 1.82) is 0 Å². The van der Waals surface area contributed by atoms with Crippen molar-refractivity contribution in [3.8, 4) is 0 Å². The Kier molecular flexibility index (Phi) is 5.33. The van der Waals surface area contributed by atoms with Crippen molar-refractivity contribution in [1.82, 2.24) is 0 Å². The molecule has 0 rings (SSSR count). The topological polar surface area (TPSA) is 47.4 Å². The second-order valence-corrected chi connectivity index (χ2v) is 3.21. The molecular formula is C5H12NOS2+. The van der Waals surface area contributed by atoms with Gasteiger partial charge in [0, 0.05) is 11.5 Å². The van der Waals surface area contributed by atoms with Crippen LogP contribution in [0.1, 0.15) is 6.92 Å². The van der Waals surface area contributed by atoms with Gasteiger partial charge in [-0.2, -0.15) is 12.6 Å². The fourth-order valence-corrected chi connectivity index (χ4v) is 1.22. The van der Waals surface area contributed by atoms with Crippen LogP contribution in [0.2, 0.25) is 0 Å². The molecule has 9 heavy (non-hydrogen) atoms. The summed E-state index contributed by atoms with van der Waals surface area (Å²) in [5.41, 5.74) is 5.42. The number of carbonyl (C=O) groups excluding carboxylic acids is 1. The Hall–Kier alpha value is 0.330. The van der Waals surface area contributed by atoms with Gasteiger partial charge in [0.2, 0.25) is 0 Å². The van der Waals surface area contributed by atoms with E-state index in [0.29, 0.717) is 5.75 Å². The fraction of sp³-hybridized carbons (Fsp3) is 0.800. The monoisotopic (exact) mass is 166 g/mol. The standard InChI is InChI=1S/C5H11NOS2/c1-2-9-5(7)4(6)3-8/h4,8H,2-3,6H2,1H3/p+1/t4-/m0/s1. The Bertz CT molecular complexity index is 97.0. The van der Waals surface area contributed by atoms with Gasteiger partial charge in [-0.25, -0.2) is 0 Å². The first-order valence-electron chi connectivity index (χ1n) is 2.77. The van der Waals surface area contributed by atoms with Gasteiger partial charge < -0.3 is 5.73 Å². The third-order valence-electron chi connectivity index (χ3n) is 0.806. The Morgan fingerprint density at radius 2 is 2.44 bits per heavy atom. The number of rotatable bonds is 3. The lowest BCUT2D eigenvalue weighted by molar-refractivity contribution is 0.663. The van der Waals surface area contributed by atoms with Crippen molar-refractivity contribution in [3.63, 3.8) is 0 Å². The molecule has 0 heterocycles. The van der Waals surface area contributed by atoms with Crippen molar-refractivity contribution in [2.75, 3.05) is 11.5 Å². The number of hydrogen-bond donors (Lipinski definition) is 2.